The van der Waals surface area contributed by atoms with Crippen LogP contribution in [-0.2, 0) is 19.1 Å². The molecule has 4 N–H and O–H groups in total. The van der Waals surface area contributed by atoms with Gasteiger partial charge in [-0.15, -0.1) is 0 Å². The molecule has 160 valence electrons. The topological polar surface area (TPSA) is 143 Å². The fourth-order valence-electron chi connectivity index (χ4n) is 1.78. The molecule has 0 aromatic rings. The van der Waals surface area contributed by atoms with E-state index in [0.717, 1.165) is 0 Å². The summed E-state index contributed by atoms with van der Waals surface area (Å²) in [5.74, 6) is -1.70. The maximum Gasteiger partial charge on any atom is 0.408 e. The summed E-state index contributed by atoms with van der Waals surface area (Å²) in [4.78, 5) is 46.5. The van der Waals surface area contributed by atoms with E-state index < -0.39 is 41.3 Å². The van der Waals surface area contributed by atoms with Crippen molar-refractivity contribution in [2.45, 2.75) is 64.7 Å². The molecule has 0 saturated carbocycles. The van der Waals surface area contributed by atoms with Crippen LogP contribution in [0.3, 0.4) is 0 Å². The van der Waals surface area contributed by atoms with Crippen molar-refractivity contribution in [1.29, 1.82) is 0 Å². The summed E-state index contributed by atoms with van der Waals surface area (Å²) in [7, 11) is 0. The van der Waals surface area contributed by atoms with E-state index in [-0.39, 0.29) is 25.9 Å². The molecule has 3 amide bonds. The minimum atomic E-state index is -1.11. The zero-order chi connectivity index (χ0) is 22.0. The van der Waals surface area contributed by atoms with Crippen LogP contribution < -0.4 is 16.0 Å². The van der Waals surface area contributed by atoms with E-state index in [9.17, 15) is 19.2 Å². The van der Waals surface area contributed by atoms with Crippen molar-refractivity contribution >= 4 is 24.1 Å². The molecule has 10 nitrogen and oxygen atoms in total. The highest BCUT2D eigenvalue weighted by molar-refractivity contribution is 5.86. The largest absolute Gasteiger partial charge is 0.481 e. The Kier molecular flexibility index (Phi) is 10.0. The lowest BCUT2D eigenvalue weighted by Crippen LogP contribution is -2.49. The lowest BCUT2D eigenvalue weighted by Gasteiger charge is -2.24. The van der Waals surface area contributed by atoms with Crippen molar-refractivity contribution in [3.05, 3.63) is 12.7 Å². The Morgan fingerprint density at radius 2 is 1.57 bits per heavy atom. The molecule has 1 atom stereocenters. The second-order valence-corrected chi connectivity index (χ2v) is 7.55. The van der Waals surface area contributed by atoms with Gasteiger partial charge in [0.2, 0.25) is 5.91 Å². The number of amides is 3. The Morgan fingerprint density at radius 3 is 2.07 bits per heavy atom. The predicted molar refractivity (Wildman–Crippen MR) is 102 cm³/mol. The summed E-state index contributed by atoms with van der Waals surface area (Å²) in [6.45, 7) is 12.1. The van der Waals surface area contributed by atoms with Crippen molar-refractivity contribution in [3.63, 3.8) is 0 Å². The van der Waals surface area contributed by atoms with Gasteiger partial charge in [0.05, 0.1) is 0 Å². The Labute approximate surface area is 165 Å². The van der Waals surface area contributed by atoms with Crippen molar-refractivity contribution in [3.8, 4) is 0 Å². The first-order valence-electron chi connectivity index (χ1n) is 8.85. The number of carbonyl (C=O) groups excluding carboxylic acids is 3. The fourth-order valence-corrected chi connectivity index (χ4v) is 1.78. The third kappa shape index (κ3) is 12.6. The monoisotopic (exact) mass is 401 g/mol. The molecule has 0 aliphatic rings. The summed E-state index contributed by atoms with van der Waals surface area (Å²) >= 11 is 0. The van der Waals surface area contributed by atoms with Gasteiger partial charge in [-0.1, -0.05) is 6.58 Å². The summed E-state index contributed by atoms with van der Waals surface area (Å²) in [6, 6.07) is -1.11. The molecule has 10 heteroatoms. The van der Waals surface area contributed by atoms with Crippen molar-refractivity contribution in [2.24, 2.45) is 0 Å². The molecule has 0 aliphatic carbocycles. The van der Waals surface area contributed by atoms with E-state index in [0.29, 0.717) is 0 Å². The number of hydrogen-bond acceptors (Lipinski definition) is 6. The molecule has 0 aromatic carbocycles. The number of carboxylic acids is 1. The Balaban J connectivity index is 4.60. The quantitative estimate of drug-likeness (QED) is 0.321. The van der Waals surface area contributed by atoms with Crippen LogP contribution in [0, 0.1) is 0 Å². The standard InChI is InChI=1S/C18H31N3O7/c1-7-18(5,6)28-16(26)21-12(8-9-13(22)23)14(24)19-10-11-20-15(25)27-17(2,3)4/h7,12H,1,8-11H2,2-6H3,(H,19,24)(H,20,25)(H,21,26)(H,22,23)/t12-/m1/s1. The molecule has 0 rings (SSSR count). The van der Waals surface area contributed by atoms with Crippen LogP contribution in [0.25, 0.3) is 0 Å². The van der Waals surface area contributed by atoms with E-state index in [1.807, 2.05) is 0 Å². The molecule has 0 bridgehead atoms. The second kappa shape index (κ2) is 11.2. The van der Waals surface area contributed by atoms with E-state index in [2.05, 4.69) is 22.5 Å². The second-order valence-electron chi connectivity index (χ2n) is 7.55. The van der Waals surface area contributed by atoms with Gasteiger partial charge in [-0.2, -0.15) is 0 Å². The third-order valence-electron chi connectivity index (χ3n) is 3.20. The van der Waals surface area contributed by atoms with Gasteiger partial charge in [0.1, 0.15) is 17.2 Å². The van der Waals surface area contributed by atoms with E-state index in [1.165, 1.54) is 6.08 Å². The number of hydrogen-bond donors (Lipinski definition) is 4. The van der Waals surface area contributed by atoms with Gasteiger partial charge in [-0.3, -0.25) is 9.59 Å². The summed E-state index contributed by atoms with van der Waals surface area (Å²) in [5.41, 5.74) is -1.59. The molecule has 0 saturated heterocycles. The molecule has 0 heterocycles. The molecule has 0 radical (unpaired) electrons. The fraction of sp³-hybridized carbons (Fsp3) is 0.667. The SMILES string of the molecule is C=CC(C)(C)OC(=O)N[C@H](CCC(=O)O)C(=O)NCCNC(=O)OC(C)(C)C. The third-order valence-corrected chi connectivity index (χ3v) is 3.20. The highest BCUT2D eigenvalue weighted by atomic mass is 16.6. The molecule has 28 heavy (non-hydrogen) atoms. The number of rotatable bonds is 10. The molecule has 0 spiro atoms. The average Bonchev–Trinajstić information content (AvgIpc) is 2.53. The van der Waals surface area contributed by atoms with E-state index in [4.69, 9.17) is 14.6 Å². The first kappa shape index (κ1) is 25.2. The van der Waals surface area contributed by atoms with Crippen LogP contribution in [0.1, 0.15) is 47.5 Å². The minimum Gasteiger partial charge on any atom is -0.481 e. The first-order chi connectivity index (χ1) is 12.8. The van der Waals surface area contributed by atoms with Crippen LogP contribution in [-0.4, -0.2) is 59.5 Å². The molecule has 0 aromatic heterocycles. The average molecular weight is 401 g/mol. The van der Waals surface area contributed by atoms with Gasteiger partial charge in [-0.05, 0) is 47.1 Å². The van der Waals surface area contributed by atoms with Gasteiger partial charge in [0, 0.05) is 19.5 Å². The van der Waals surface area contributed by atoms with Crippen molar-refractivity contribution in [2.75, 3.05) is 13.1 Å². The number of alkyl carbamates (subject to hydrolysis) is 2. The predicted octanol–water partition coefficient (Wildman–Crippen LogP) is 1.55. The normalized spacial score (nSPS) is 12.3. The van der Waals surface area contributed by atoms with E-state index >= 15 is 0 Å². The van der Waals surface area contributed by atoms with Gasteiger partial charge in [0.15, 0.2) is 0 Å². The van der Waals surface area contributed by atoms with Crippen molar-refractivity contribution < 1.29 is 33.8 Å². The highest BCUT2D eigenvalue weighted by Crippen LogP contribution is 2.10. The van der Waals surface area contributed by atoms with Crippen LogP contribution >= 0.6 is 0 Å². The van der Waals surface area contributed by atoms with Gasteiger partial charge in [-0.25, -0.2) is 9.59 Å². The molecular formula is C18H31N3O7. The maximum atomic E-state index is 12.3. The zero-order valence-corrected chi connectivity index (χ0v) is 17.1. The summed E-state index contributed by atoms with van der Waals surface area (Å²) in [6.07, 6.45) is -0.523. The molecule has 0 aliphatic heterocycles. The lowest BCUT2D eigenvalue weighted by atomic mass is 10.1. The van der Waals surface area contributed by atoms with E-state index in [1.54, 1.807) is 34.6 Å². The first-order valence-corrected chi connectivity index (χ1v) is 8.85. The number of aliphatic carboxylic acids is 1. The zero-order valence-electron chi connectivity index (χ0n) is 17.1. The Morgan fingerprint density at radius 1 is 1.00 bits per heavy atom. The maximum absolute atomic E-state index is 12.3. The van der Waals surface area contributed by atoms with Gasteiger partial charge < -0.3 is 30.5 Å². The molecular weight excluding hydrogens is 370 g/mol. The molecule has 0 fully saturated rings. The smallest absolute Gasteiger partial charge is 0.408 e. The minimum absolute atomic E-state index is 0.0660. The summed E-state index contributed by atoms with van der Waals surface area (Å²) < 4.78 is 10.2. The number of carbonyl (C=O) groups is 4. The van der Waals surface area contributed by atoms with Gasteiger partial charge >= 0.3 is 18.2 Å². The van der Waals surface area contributed by atoms with Crippen LogP contribution in [0.5, 0.6) is 0 Å². The number of carboxylic acid groups (broad SMARTS) is 1. The Hall–Kier alpha value is -2.78. The lowest BCUT2D eigenvalue weighted by molar-refractivity contribution is -0.137. The highest BCUT2D eigenvalue weighted by Gasteiger charge is 2.25. The number of ether oxygens (including phenoxy) is 2. The number of nitrogens with one attached hydrogen (secondary N) is 3. The van der Waals surface area contributed by atoms with Gasteiger partial charge in [0.25, 0.3) is 0 Å². The summed E-state index contributed by atoms with van der Waals surface area (Å²) in [5, 5.41) is 16.2. The van der Waals surface area contributed by atoms with Crippen LogP contribution in [0.4, 0.5) is 9.59 Å². The Bertz CT molecular complexity index is 582. The van der Waals surface area contributed by atoms with Crippen molar-refractivity contribution in [1.82, 2.24) is 16.0 Å². The van der Waals surface area contributed by atoms with Crippen LogP contribution in [0.2, 0.25) is 0 Å². The molecule has 0 unspecified atom stereocenters. The van der Waals surface area contributed by atoms with Crippen LogP contribution in [0.15, 0.2) is 12.7 Å².